The number of fused-ring (bicyclic) bond motifs is 2. The van der Waals surface area contributed by atoms with Crippen LogP contribution in [-0.4, -0.2) is 24.1 Å². The molecule has 2 aromatic carbocycles. The fourth-order valence-corrected chi connectivity index (χ4v) is 2.52. The van der Waals surface area contributed by atoms with Gasteiger partial charge in [0.2, 0.25) is 0 Å². The largest absolute Gasteiger partial charge is 0.486 e. The zero-order chi connectivity index (χ0) is 15.6. The lowest BCUT2D eigenvalue weighted by Crippen LogP contribution is -2.17. The maximum atomic E-state index is 12.4. The molecule has 0 aliphatic carbocycles. The summed E-state index contributed by atoms with van der Waals surface area (Å²) in [6.45, 7) is 1.05. The molecule has 0 atom stereocenters. The van der Waals surface area contributed by atoms with E-state index in [0.29, 0.717) is 36.1 Å². The van der Waals surface area contributed by atoms with Gasteiger partial charge in [-0.3, -0.25) is 9.78 Å². The van der Waals surface area contributed by atoms with Crippen molar-refractivity contribution in [2.75, 3.05) is 18.5 Å². The lowest BCUT2D eigenvalue weighted by molar-refractivity contribution is 0.102. The fourth-order valence-electron chi connectivity index (χ4n) is 2.52. The third-order valence-electron chi connectivity index (χ3n) is 3.66. The molecule has 5 nitrogen and oxygen atoms in total. The van der Waals surface area contributed by atoms with Gasteiger partial charge in [-0.15, -0.1) is 0 Å². The maximum Gasteiger partial charge on any atom is 0.274 e. The minimum absolute atomic E-state index is 0.257. The molecule has 4 rings (SSSR count). The number of hydrogen-bond acceptors (Lipinski definition) is 4. The molecular formula is C18H14N2O3. The van der Waals surface area contributed by atoms with Gasteiger partial charge in [-0.2, -0.15) is 0 Å². The van der Waals surface area contributed by atoms with Crippen LogP contribution >= 0.6 is 0 Å². The van der Waals surface area contributed by atoms with Crippen LogP contribution in [0.3, 0.4) is 0 Å². The van der Waals surface area contributed by atoms with Crippen molar-refractivity contribution in [3.63, 3.8) is 0 Å². The molecule has 3 aromatic rings. The average Bonchev–Trinajstić information content (AvgIpc) is 2.61. The van der Waals surface area contributed by atoms with Gasteiger partial charge in [-0.05, 0) is 23.6 Å². The number of carbonyl (C=O) groups excluding carboxylic acids is 1. The monoisotopic (exact) mass is 306 g/mol. The smallest absolute Gasteiger partial charge is 0.274 e. The molecule has 0 bridgehead atoms. The number of pyridine rings is 1. The number of benzene rings is 2. The third kappa shape index (κ3) is 2.68. The Labute approximate surface area is 132 Å². The number of amides is 1. The van der Waals surface area contributed by atoms with E-state index in [1.54, 1.807) is 30.5 Å². The van der Waals surface area contributed by atoms with Crippen LogP contribution < -0.4 is 14.8 Å². The highest BCUT2D eigenvalue weighted by molar-refractivity contribution is 6.04. The number of aromatic nitrogens is 1. The average molecular weight is 306 g/mol. The fraction of sp³-hybridized carbons (Fsp3) is 0.111. The van der Waals surface area contributed by atoms with E-state index in [1.807, 2.05) is 24.3 Å². The van der Waals surface area contributed by atoms with Crippen molar-refractivity contribution < 1.29 is 14.3 Å². The number of carbonyl (C=O) groups is 1. The molecule has 1 aliphatic rings. The first-order chi connectivity index (χ1) is 11.3. The summed E-state index contributed by atoms with van der Waals surface area (Å²) < 4.78 is 11.0. The Hall–Kier alpha value is -3.08. The Morgan fingerprint density at radius 3 is 2.61 bits per heavy atom. The Morgan fingerprint density at radius 2 is 1.74 bits per heavy atom. The van der Waals surface area contributed by atoms with Gasteiger partial charge in [-0.25, -0.2) is 0 Å². The summed E-state index contributed by atoms with van der Waals surface area (Å²) in [6, 6.07) is 14.9. The van der Waals surface area contributed by atoms with E-state index in [0.717, 1.165) is 10.8 Å². The van der Waals surface area contributed by atoms with Crippen LogP contribution in [-0.2, 0) is 0 Å². The Morgan fingerprint density at radius 1 is 0.957 bits per heavy atom. The highest BCUT2D eigenvalue weighted by Gasteiger charge is 2.14. The van der Waals surface area contributed by atoms with E-state index < -0.39 is 0 Å². The van der Waals surface area contributed by atoms with Gasteiger partial charge in [-0.1, -0.05) is 24.3 Å². The van der Waals surface area contributed by atoms with E-state index in [9.17, 15) is 4.79 Å². The lowest BCUT2D eigenvalue weighted by atomic mass is 10.1. The first-order valence-corrected chi connectivity index (χ1v) is 7.35. The first kappa shape index (κ1) is 13.6. The van der Waals surface area contributed by atoms with Crippen molar-refractivity contribution in [3.05, 3.63) is 60.4 Å². The van der Waals surface area contributed by atoms with Gasteiger partial charge in [0.1, 0.15) is 18.9 Å². The van der Waals surface area contributed by atoms with Gasteiger partial charge in [0.15, 0.2) is 11.5 Å². The van der Waals surface area contributed by atoms with Crippen molar-refractivity contribution in [1.82, 2.24) is 4.98 Å². The first-order valence-electron chi connectivity index (χ1n) is 7.35. The van der Waals surface area contributed by atoms with Crippen molar-refractivity contribution in [2.45, 2.75) is 0 Å². The van der Waals surface area contributed by atoms with Crippen molar-refractivity contribution >= 4 is 22.4 Å². The second kappa shape index (κ2) is 5.61. The molecule has 23 heavy (non-hydrogen) atoms. The van der Waals surface area contributed by atoms with Crippen LogP contribution in [0.5, 0.6) is 11.5 Å². The molecular weight excluding hydrogens is 292 g/mol. The maximum absolute atomic E-state index is 12.4. The number of ether oxygens (including phenoxy) is 2. The van der Waals surface area contributed by atoms with Gasteiger partial charge in [0, 0.05) is 23.3 Å². The summed E-state index contributed by atoms with van der Waals surface area (Å²) in [4.78, 5) is 16.6. The van der Waals surface area contributed by atoms with Crippen molar-refractivity contribution in [3.8, 4) is 11.5 Å². The van der Waals surface area contributed by atoms with Crippen molar-refractivity contribution in [2.24, 2.45) is 0 Å². The number of anilines is 1. The molecule has 5 heteroatoms. The molecule has 1 aromatic heterocycles. The van der Waals surface area contributed by atoms with Crippen LogP contribution in [0.25, 0.3) is 10.8 Å². The summed E-state index contributed by atoms with van der Waals surface area (Å²) >= 11 is 0. The Bertz CT molecular complexity index is 892. The molecule has 0 saturated carbocycles. The van der Waals surface area contributed by atoms with Crippen molar-refractivity contribution in [1.29, 1.82) is 0 Å². The molecule has 2 heterocycles. The molecule has 0 radical (unpaired) electrons. The number of nitrogens with zero attached hydrogens (tertiary/aromatic N) is 1. The SMILES string of the molecule is O=C(Nc1ccc2c(c1)OCCO2)c1cc2ccccc2cn1. The quantitative estimate of drug-likeness (QED) is 0.789. The molecule has 1 N–H and O–H groups in total. The number of hydrogen-bond donors (Lipinski definition) is 1. The lowest BCUT2D eigenvalue weighted by Gasteiger charge is -2.18. The van der Waals surface area contributed by atoms with E-state index in [4.69, 9.17) is 9.47 Å². The predicted molar refractivity (Wildman–Crippen MR) is 87.1 cm³/mol. The summed E-state index contributed by atoms with van der Waals surface area (Å²) in [5.74, 6) is 1.08. The van der Waals surface area contributed by atoms with Gasteiger partial charge >= 0.3 is 0 Å². The standard InChI is InChI=1S/C18H14N2O3/c21-18(15-9-12-3-1-2-4-13(12)11-19-15)20-14-5-6-16-17(10-14)23-8-7-22-16/h1-6,9-11H,7-8H2,(H,20,21). The Balaban J connectivity index is 1.59. The van der Waals surface area contributed by atoms with Gasteiger partial charge < -0.3 is 14.8 Å². The molecule has 0 unspecified atom stereocenters. The van der Waals surface area contributed by atoms with Crippen LogP contribution in [0.4, 0.5) is 5.69 Å². The van der Waals surface area contributed by atoms with E-state index >= 15 is 0 Å². The topological polar surface area (TPSA) is 60.5 Å². The molecule has 1 amide bonds. The van der Waals surface area contributed by atoms with Crippen LogP contribution in [0.2, 0.25) is 0 Å². The summed E-state index contributed by atoms with van der Waals surface area (Å²) in [6.07, 6.45) is 1.70. The zero-order valence-electron chi connectivity index (χ0n) is 12.3. The number of rotatable bonds is 2. The highest BCUT2D eigenvalue weighted by atomic mass is 16.6. The van der Waals surface area contributed by atoms with E-state index in [2.05, 4.69) is 10.3 Å². The second-order valence-electron chi connectivity index (χ2n) is 5.23. The summed E-state index contributed by atoms with van der Waals surface area (Å²) in [5.41, 5.74) is 1.02. The van der Waals surface area contributed by atoms with E-state index in [1.165, 1.54) is 0 Å². The normalized spacial score (nSPS) is 12.9. The highest BCUT2D eigenvalue weighted by Crippen LogP contribution is 2.32. The molecule has 1 aliphatic heterocycles. The third-order valence-corrected chi connectivity index (χ3v) is 3.66. The minimum atomic E-state index is -0.257. The minimum Gasteiger partial charge on any atom is -0.486 e. The molecule has 0 fully saturated rings. The summed E-state index contributed by atoms with van der Waals surface area (Å²) in [7, 11) is 0. The summed E-state index contributed by atoms with van der Waals surface area (Å²) in [5, 5.41) is 4.82. The number of nitrogens with one attached hydrogen (secondary N) is 1. The van der Waals surface area contributed by atoms with Gasteiger partial charge in [0.05, 0.1) is 0 Å². The Kier molecular flexibility index (Phi) is 3.31. The van der Waals surface area contributed by atoms with Crippen LogP contribution in [0.15, 0.2) is 54.7 Å². The van der Waals surface area contributed by atoms with E-state index in [-0.39, 0.29) is 5.91 Å². The molecule has 0 saturated heterocycles. The zero-order valence-corrected chi connectivity index (χ0v) is 12.3. The van der Waals surface area contributed by atoms with Crippen LogP contribution in [0.1, 0.15) is 10.5 Å². The second-order valence-corrected chi connectivity index (χ2v) is 5.23. The molecule has 114 valence electrons. The predicted octanol–water partition coefficient (Wildman–Crippen LogP) is 3.26. The molecule has 0 spiro atoms. The van der Waals surface area contributed by atoms with Crippen LogP contribution in [0, 0.1) is 0 Å². The van der Waals surface area contributed by atoms with Gasteiger partial charge in [0.25, 0.3) is 5.91 Å².